The molecule has 0 bridgehead atoms. The van der Waals surface area contributed by atoms with E-state index in [1.54, 1.807) is 0 Å². The molecule has 3 nitrogen and oxygen atoms in total. The Morgan fingerprint density at radius 1 is 1.19 bits per heavy atom. The van der Waals surface area contributed by atoms with Gasteiger partial charge in [-0.2, -0.15) is 0 Å². The summed E-state index contributed by atoms with van der Waals surface area (Å²) in [7, 11) is 0. The highest BCUT2D eigenvalue weighted by atomic mass is 35.6. The maximum Gasteiger partial charge on any atom is 0.223 e. The Kier molecular flexibility index (Phi) is 7.82. The van der Waals surface area contributed by atoms with Crippen LogP contribution >= 0.6 is 34.8 Å². The summed E-state index contributed by atoms with van der Waals surface area (Å²) in [6.07, 6.45) is 0.480. The first kappa shape index (κ1) is 18.6. The van der Waals surface area contributed by atoms with E-state index in [-0.39, 0.29) is 11.8 Å². The molecule has 1 rings (SSSR count). The third-order valence-corrected chi connectivity index (χ3v) is 3.49. The minimum Gasteiger partial charge on any atom is -0.337 e. The number of benzene rings is 1. The summed E-state index contributed by atoms with van der Waals surface area (Å²) < 4.78 is -1.59. The Labute approximate surface area is 141 Å². The predicted octanol–water partition coefficient (Wildman–Crippen LogP) is 3.68. The number of hydrogen-bond donors (Lipinski definition) is 2. The van der Waals surface area contributed by atoms with Gasteiger partial charge in [0.15, 0.2) is 0 Å². The van der Waals surface area contributed by atoms with Gasteiger partial charge in [-0.15, -0.1) is 0 Å². The largest absolute Gasteiger partial charge is 0.337 e. The van der Waals surface area contributed by atoms with Crippen molar-refractivity contribution in [2.75, 3.05) is 6.54 Å². The lowest BCUT2D eigenvalue weighted by Crippen LogP contribution is -2.54. The number of amides is 1. The number of alkyl halides is 3. The van der Waals surface area contributed by atoms with Gasteiger partial charge in [0.2, 0.25) is 9.70 Å². The number of hydrogen-bond acceptors (Lipinski definition) is 2. The molecule has 0 aliphatic heterocycles. The molecule has 1 aromatic carbocycles. The second-order valence-electron chi connectivity index (χ2n) is 5.33. The number of rotatable bonds is 7. The standard InChI is InChI=1S/C15H21Cl3N2O/c1-11(2)10-13(21)20-14(15(16,17)18)19-9-8-12-6-4-3-5-7-12/h3-7,11,14,19H,8-10H2,1-2H3,(H,20,21)/t14-/m1/s1. The molecule has 1 amide bonds. The molecular formula is C15H21Cl3N2O. The number of carbonyl (C=O) groups excluding carboxylic acids is 1. The maximum absolute atomic E-state index is 11.8. The van der Waals surface area contributed by atoms with Gasteiger partial charge in [-0.3, -0.25) is 10.1 Å². The number of halogens is 3. The summed E-state index contributed by atoms with van der Waals surface area (Å²) >= 11 is 17.7. The van der Waals surface area contributed by atoms with Crippen LogP contribution < -0.4 is 10.6 Å². The molecule has 0 aliphatic rings. The lowest BCUT2D eigenvalue weighted by Gasteiger charge is -2.27. The van der Waals surface area contributed by atoms with Gasteiger partial charge in [-0.25, -0.2) is 0 Å². The smallest absolute Gasteiger partial charge is 0.223 e. The van der Waals surface area contributed by atoms with Crippen molar-refractivity contribution in [1.82, 2.24) is 10.6 Å². The second-order valence-corrected chi connectivity index (χ2v) is 7.70. The molecule has 0 aromatic heterocycles. The molecular weight excluding hydrogens is 331 g/mol. The lowest BCUT2D eigenvalue weighted by molar-refractivity contribution is -0.122. The predicted molar refractivity (Wildman–Crippen MR) is 89.8 cm³/mol. The number of nitrogens with one attached hydrogen (secondary N) is 2. The van der Waals surface area contributed by atoms with E-state index in [9.17, 15) is 4.79 Å². The van der Waals surface area contributed by atoms with Gasteiger partial charge in [0.25, 0.3) is 0 Å². The Bertz CT molecular complexity index is 432. The van der Waals surface area contributed by atoms with Crippen molar-refractivity contribution in [1.29, 1.82) is 0 Å². The molecule has 1 aromatic rings. The van der Waals surface area contributed by atoms with Gasteiger partial charge in [0.1, 0.15) is 6.17 Å². The minimum absolute atomic E-state index is 0.131. The molecule has 0 saturated carbocycles. The van der Waals surface area contributed by atoms with Crippen molar-refractivity contribution in [3.63, 3.8) is 0 Å². The van der Waals surface area contributed by atoms with E-state index >= 15 is 0 Å². The van der Waals surface area contributed by atoms with E-state index < -0.39 is 9.96 Å². The fourth-order valence-electron chi connectivity index (χ4n) is 1.84. The molecule has 0 aliphatic carbocycles. The SMILES string of the molecule is CC(C)CC(=O)N[C@@H](NCCc1ccccc1)C(Cl)(Cl)Cl. The summed E-state index contributed by atoms with van der Waals surface area (Å²) in [6, 6.07) is 9.98. The van der Waals surface area contributed by atoms with E-state index in [0.29, 0.717) is 13.0 Å². The summed E-state index contributed by atoms with van der Waals surface area (Å²) in [5.74, 6) is 0.124. The Morgan fingerprint density at radius 2 is 1.81 bits per heavy atom. The zero-order valence-corrected chi connectivity index (χ0v) is 14.5. The van der Waals surface area contributed by atoms with Crippen molar-refractivity contribution < 1.29 is 4.79 Å². The molecule has 0 saturated heterocycles. The molecule has 0 fully saturated rings. The van der Waals surface area contributed by atoms with Crippen LogP contribution in [0.3, 0.4) is 0 Å². The van der Waals surface area contributed by atoms with Gasteiger partial charge in [0, 0.05) is 13.0 Å². The van der Waals surface area contributed by atoms with Crippen LogP contribution in [0.4, 0.5) is 0 Å². The molecule has 6 heteroatoms. The van der Waals surface area contributed by atoms with Crippen LogP contribution in [0.15, 0.2) is 30.3 Å². The monoisotopic (exact) mass is 350 g/mol. The fourth-order valence-corrected chi connectivity index (χ4v) is 2.24. The van der Waals surface area contributed by atoms with Crippen LogP contribution in [-0.4, -0.2) is 22.4 Å². The van der Waals surface area contributed by atoms with E-state index in [1.807, 2.05) is 44.2 Å². The van der Waals surface area contributed by atoms with Gasteiger partial charge in [-0.1, -0.05) is 79.0 Å². The summed E-state index contributed by atoms with van der Waals surface area (Å²) in [5.41, 5.74) is 1.18. The molecule has 118 valence electrons. The average Bonchev–Trinajstić information content (AvgIpc) is 2.36. The molecule has 2 N–H and O–H groups in total. The van der Waals surface area contributed by atoms with E-state index in [2.05, 4.69) is 10.6 Å². The number of carbonyl (C=O) groups is 1. The molecule has 0 spiro atoms. The molecule has 0 unspecified atom stereocenters. The van der Waals surface area contributed by atoms with Crippen LogP contribution in [0, 0.1) is 5.92 Å². The van der Waals surface area contributed by atoms with Gasteiger partial charge < -0.3 is 5.32 Å². The second kappa shape index (κ2) is 8.84. The summed E-state index contributed by atoms with van der Waals surface area (Å²) in [4.78, 5) is 11.8. The van der Waals surface area contributed by atoms with Crippen LogP contribution in [0.5, 0.6) is 0 Å². The zero-order valence-electron chi connectivity index (χ0n) is 12.2. The first-order valence-corrected chi connectivity index (χ1v) is 8.06. The normalized spacial score (nSPS) is 13.2. The molecule has 0 radical (unpaired) electrons. The van der Waals surface area contributed by atoms with E-state index in [0.717, 1.165) is 6.42 Å². The first-order chi connectivity index (χ1) is 9.79. The van der Waals surface area contributed by atoms with Crippen LogP contribution in [0.25, 0.3) is 0 Å². The Morgan fingerprint density at radius 3 is 2.33 bits per heavy atom. The fraction of sp³-hybridized carbons (Fsp3) is 0.533. The van der Waals surface area contributed by atoms with Gasteiger partial charge >= 0.3 is 0 Å². The van der Waals surface area contributed by atoms with E-state index in [4.69, 9.17) is 34.8 Å². The molecule has 0 heterocycles. The van der Waals surface area contributed by atoms with Gasteiger partial charge in [-0.05, 0) is 17.9 Å². The minimum atomic E-state index is -1.59. The van der Waals surface area contributed by atoms with Crippen molar-refractivity contribution in [3.8, 4) is 0 Å². The molecule has 1 atom stereocenters. The maximum atomic E-state index is 11.8. The topological polar surface area (TPSA) is 41.1 Å². The quantitative estimate of drug-likeness (QED) is 0.581. The van der Waals surface area contributed by atoms with Crippen molar-refractivity contribution in [2.24, 2.45) is 5.92 Å². The Hall–Kier alpha value is -0.480. The van der Waals surface area contributed by atoms with Crippen molar-refractivity contribution >= 4 is 40.7 Å². The highest BCUT2D eigenvalue weighted by molar-refractivity contribution is 6.68. The average molecular weight is 352 g/mol. The zero-order chi connectivity index (χ0) is 15.9. The van der Waals surface area contributed by atoms with Crippen molar-refractivity contribution in [2.45, 2.75) is 36.6 Å². The summed E-state index contributed by atoms with van der Waals surface area (Å²) in [5, 5.41) is 5.81. The highest BCUT2D eigenvalue weighted by Gasteiger charge is 2.33. The van der Waals surface area contributed by atoms with Crippen LogP contribution in [0.2, 0.25) is 0 Å². The lowest BCUT2D eigenvalue weighted by atomic mass is 10.1. The highest BCUT2D eigenvalue weighted by Crippen LogP contribution is 2.29. The van der Waals surface area contributed by atoms with Crippen LogP contribution in [-0.2, 0) is 11.2 Å². The third-order valence-electron chi connectivity index (χ3n) is 2.83. The van der Waals surface area contributed by atoms with Crippen LogP contribution in [0.1, 0.15) is 25.8 Å². The molecule has 21 heavy (non-hydrogen) atoms. The van der Waals surface area contributed by atoms with Crippen molar-refractivity contribution in [3.05, 3.63) is 35.9 Å². The summed E-state index contributed by atoms with van der Waals surface area (Å²) in [6.45, 7) is 4.53. The Balaban J connectivity index is 2.49. The van der Waals surface area contributed by atoms with Gasteiger partial charge in [0.05, 0.1) is 0 Å². The first-order valence-electron chi connectivity index (χ1n) is 6.92. The third kappa shape index (κ3) is 7.91. The van der Waals surface area contributed by atoms with E-state index in [1.165, 1.54) is 5.56 Å².